The van der Waals surface area contributed by atoms with Crippen molar-refractivity contribution in [1.82, 2.24) is 0 Å². The highest BCUT2D eigenvalue weighted by molar-refractivity contribution is 5.93. The molecule has 0 amide bonds. The van der Waals surface area contributed by atoms with Gasteiger partial charge in [-0.25, -0.2) is 9.59 Å². The minimum Gasteiger partial charge on any atom is -0.504 e. The van der Waals surface area contributed by atoms with Crippen molar-refractivity contribution in [3.05, 3.63) is 47.5 Å². The average Bonchev–Trinajstić information content (AvgIpc) is 2.50. The third-order valence-electron chi connectivity index (χ3n) is 2.82. The molecule has 0 aromatic heterocycles. The van der Waals surface area contributed by atoms with E-state index in [-0.39, 0.29) is 28.4 Å². The van der Waals surface area contributed by atoms with Gasteiger partial charge in [0, 0.05) is 0 Å². The number of aromatic carboxylic acids is 1. The maximum atomic E-state index is 12.0. The third kappa shape index (κ3) is 3.09. The normalized spacial score (nSPS) is 10.0. The van der Waals surface area contributed by atoms with Gasteiger partial charge in [-0.05, 0) is 36.4 Å². The Kier molecular flexibility index (Phi) is 4.17. The van der Waals surface area contributed by atoms with Crippen LogP contribution >= 0.6 is 0 Å². The first-order chi connectivity index (χ1) is 10.4. The Morgan fingerprint density at radius 3 is 2.18 bits per heavy atom. The highest BCUT2D eigenvalue weighted by Gasteiger charge is 2.16. The summed E-state index contributed by atoms with van der Waals surface area (Å²) in [5.74, 6) is -2.64. The van der Waals surface area contributed by atoms with Crippen LogP contribution in [0.2, 0.25) is 0 Å². The van der Waals surface area contributed by atoms with Gasteiger partial charge in [0.15, 0.2) is 23.0 Å². The first-order valence-corrected chi connectivity index (χ1v) is 6.08. The van der Waals surface area contributed by atoms with Crippen molar-refractivity contribution >= 4 is 11.9 Å². The molecule has 0 saturated carbocycles. The van der Waals surface area contributed by atoms with E-state index in [4.69, 9.17) is 14.6 Å². The summed E-state index contributed by atoms with van der Waals surface area (Å²) < 4.78 is 10.1. The number of carbonyl (C=O) groups is 2. The first-order valence-electron chi connectivity index (χ1n) is 6.08. The Hall–Kier alpha value is -3.22. The molecule has 7 heteroatoms. The zero-order valence-electron chi connectivity index (χ0n) is 11.4. The second-order valence-electron chi connectivity index (χ2n) is 4.26. The summed E-state index contributed by atoms with van der Waals surface area (Å²) in [6, 6.07) is 7.25. The maximum Gasteiger partial charge on any atom is 0.343 e. The highest BCUT2D eigenvalue weighted by atomic mass is 16.6. The first kappa shape index (κ1) is 15.2. The molecule has 7 nitrogen and oxygen atoms in total. The molecule has 0 saturated heterocycles. The van der Waals surface area contributed by atoms with Crippen LogP contribution in [-0.4, -0.2) is 34.4 Å². The molecule has 0 heterocycles. The van der Waals surface area contributed by atoms with E-state index >= 15 is 0 Å². The van der Waals surface area contributed by atoms with Crippen molar-refractivity contribution in [3.63, 3.8) is 0 Å². The van der Waals surface area contributed by atoms with Gasteiger partial charge in [-0.1, -0.05) is 0 Å². The van der Waals surface area contributed by atoms with Gasteiger partial charge < -0.3 is 24.8 Å². The lowest BCUT2D eigenvalue weighted by atomic mass is 10.2. The molecular formula is C15H12O7. The Bertz CT molecular complexity index is 737. The summed E-state index contributed by atoms with van der Waals surface area (Å²) in [4.78, 5) is 22.9. The topological polar surface area (TPSA) is 113 Å². The Morgan fingerprint density at radius 1 is 0.909 bits per heavy atom. The predicted molar refractivity (Wildman–Crippen MR) is 74.7 cm³/mol. The Labute approximate surface area is 125 Å². The lowest BCUT2D eigenvalue weighted by molar-refractivity contribution is 0.0696. The van der Waals surface area contributed by atoms with Crippen LogP contribution in [0.4, 0.5) is 0 Å². The van der Waals surface area contributed by atoms with E-state index in [0.717, 1.165) is 12.1 Å². The minimum absolute atomic E-state index is 0.0136. The summed E-state index contributed by atoms with van der Waals surface area (Å²) in [7, 11) is 1.31. The summed E-state index contributed by atoms with van der Waals surface area (Å²) in [6.45, 7) is 0. The molecule has 0 aliphatic rings. The van der Waals surface area contributed by atoms with Gasteiger partial charge in [0.05, 0.1) is 18.2 Å². The molecule has 0 radical (unpaired) electrons. The summed E-state index contributed by atoms with van der Waals surface area (Å²) in [6.07, 6.45) is 0. The Morgan fingerprint density at radius 2 is 1.59 bits per heavy atom. The molecule has 0 aliphatic carbocycles. The van der Waals surface area contributed by atoms with Crippen molar-refractivity contribution in [2.45, 2.75) is 0 Å². The van der Waals surface area contributed by atoms with E-state index in [2.05, 4.69) is 0 Å². The van der Waals surface area contributed by atoms with Crippen LogP contribution in [0.3, 0.4) is 0 Å². The lowest BCUT2D eigenvalue weighted by Gasteiger charge is -2.10. The fourth-order valence-corrected chi connectivity index (χ4v) is 1.69. The number of rotatable bonds is 4. The molecule has 3 N–H and O–H groups in total. The number of methoxy groups -OCH3 is 1. The third-order valence-corrected chi connectivity index (χ3v) is 2.82. The zero-order chi connectivity index (χ0) is 16.3. The van der Waals surface area contributed by atoms with Gasteiger partial charge in [-0.3, -0.25) is 0 Å². The van der Waals surface area contributed by atoms with Crippen LogP contribution in [0.25, 0.3) is 0 Å². The number of phenols is 2. The van der Waals surface area contributed by atoms with Crippen LogP contribution in [-0.2, 0) is 0 Å². The monoisotopic (exact) mass is 304 g/mol. The van der Waals surface area contributed by atoms with Crippen molar-refractivity contribution < 1.29 is 34.4 Å². The molecule has 0 fully saturated rings. The van der Waals surface area contributed by atoms with Gasteiger partial charge in [-0.2, -0.15) is 0 Å². The van der Waals surface area contributed by atoms with E-state index in [1.165, 1.54) is 31.4 Å². The number of esters is 1. The van der Waals surface area contributed by atoms with Crippen molar-refractivity contribution in [2.75, 3.05) is 7.11 Å². The molecule has 0 spiro atoms. The number of aromatic hydroxyl groups is 2. The van der Waals surface area contributed by atoms with Crippen LogP contribution < -0.4 is 9.47 Å². The quantitative estimate of drug-likeness (QED) is 0.450. The fraction of sp³-hybridized carbons (Fsp3) is 0.0667. The minimum atomic E-state index is -1.14. The lowest BCUT2D eigenvalue weighted by Crippen LogP contribution is -2.09. The van der Waals surface area contributed by atoms with Crippen LogP contribution in [0, 0.1) is 0 Å². The maximum absolute atomic E-state index is 12.0. The molecule has 0 unspecified atom stereocenters. The van der Waals surface area contributed by atoms with Gasteiger partial charge in [-0.15, -0.1) is 0 Å². The molecule has 2 aromatic rings. The number of benzene rings is 2. The molecule has 0 bridgehead atoms. The average molecular weight is 304 g/mol. The van der Waals surface area contributed by atoms with Crippen molar-refractivity contribution in [2.24, 2.45) is 0 Å². The molecule has 0 atom stereocenters. The van der Waals surface area contributed by atoms with E-state index < -0.39 is 17.7 Å². The molecule has 0 aliphatic heterocycles. The molecule has 114 valence electrons. The molecule has 2 rings (SSSR count). The SMILES string of the molecule is COc1cc(C(=O)O)ccc1OC(=O)c1ccc(O)c(O)c1. The van der Waals surface area contributed by atoms with E-state index in [1.54, 1.807) is 0 Å². The number of hydrogen-bond donors (Lipinski definition) is 3. The number of carboxylic acid groups (broad SMARTS) is 1. The molecule has 22 heavy (non-hydrogen) atoms. The summed E-state index contributed by atoms with van der Waals surface area (Å²) in [5, 5.41) is 27.5. The fourth-order valence-electron chi connectivity index (χ4n) is 1.69. The standard InChI is InChI=1S/C15H12O7/c1-21-13-7-8(14(18)19)3-5-12(13)22-15(20)9-2-4-10(16)11(17)6-9/h2-7,16-17H,1H3,(H,18,19). The molecule has 2 aromatic carbocycles. The van der Waals surface area contributed by atoms with E-state index in [9.17, 15) is 19.8 Å². The van der Waals surface area contributed by atoms with Crippen molar-refractivity contribution in [1.29, 1.82) is 0 Å². The summed E-state index contributed by atoms with van der Waals surface area (Å²) >= 11 is 0. The largest absolute Gasteiger partial charge is 0.504 e. The van der Waals surface area contributed by atoms with Gasteiger partial charge in [0.2, 0.25) is 0 Å². The number of carboxylic acids is 1. The Balaban J connectivity index is 2.27. The van der Waals surface area contributed by atoms with E-state index in [0.29, 0.717) is 0 Å². The predicted octanol–water partition coefficient (Wildman–Crippen LogP) is 2.02. The number of hydrogen-bond acceptors (Lipinski definition) is 6. The highest BCUT2D eigenvalue weighted by Crippen LogP contribution is 2.30. The van der Waals surface area contributed by atoms with Gasteiger partial charge in [0.1, 0.15) is 0 Å². The van der Waals surface area contributed by atoms with Crippen LogP contribution in [0.1, 0.15) is 20.7 Å². The smallest absolute Gasteiger partial charge is 0.343 e. The summed E-state index contributed by atoms with van der Waals surface area (Å²) in [5.41, 5.74) is -0.00130. The van der Waals surface area contributed by atoms with Crippen molar-refractivity contribution in [3.8, 4) is 23.0 Å². The number of phenolic OH excluding ortho intramolecular Hbond substituents is 2. The van der Waals surface area contributed by atoms with Gasteiger partial charge >= 0.3 is 11.9 Å². The van der Waals surface area contributed by atoms with Crippen LogP contribution in [0.15, 0.2) is 36.4 Å². The van der Waals surface area contributed by atoms with E-state index in [1.807, 2.05) is 0 Å². The zero-order valence-corrected chi connectivity index (χ0v) is 11.4. The number of ether oxygens (including phenoxy) is 2. The number of carbonyl (C=O) groups excluding carboxylic acids is 1. The molecular weight excluding hydrogens is 292 g/mol. The second kappa shape index (κ2) is 6.04. The second-order valence-corrected chi connectivity index (χ2v) is 4.26. The van der Waals surface area contributed by atoms with Crippen LogP contribution in [0.5, 0.6) is 23.0 Å². The van der Waals surface area contributed by atoms with Gasteiger partial charge in [0.25, 0.3) is 0 Å².